The Balaban J connectivity index is 1.84. The van der Waals surface area contributed by atoms with Crippen LogP contribution in [0, 0.1) is 0 Å². The molecule has 92 valence electrons. The highest BCUT2D eigenvalue weighted by Crippen LogP contribution is 2.16. The first kappa shape index (κ1) is 12.1. The lowest BCUT2D eigenvalue weighted by Crippen LogP contribution is -2.49. The minimum Gasteiger partial charge on any atom is -0.352 e. The Kier molecular flexibility index (Phi) is 4.15. The van der Waals surface area contributed by atoms with Gasteiger partial charge in [-0.15, -0.1) is 0 Å². The molecular formula is C14H20N2O. The largest absolute Gasteiger partial charge is 0.352 e. The fourth-order valence-electron chi connectivity index (χ4n) is 2.38. The Morgan fingerprint density at radius 2 is 1.94 bits per heavy atom. The molecule has 1 amide bonds. The van der Waals surface area contributed by atoms with E-state index in [1.54, 1.807) is 0 Å². The van der Waals surface area contributed by atoms with Crippen LogP contribution in [0.4, 0.5) is 0 Å². The van der Waals surface area contributed by atoms with Gasteiger partial charge < -0.3 is 11.1 Å². The smallest absolute Gasteiger partial charge is 0.224 e. The van der Waals surface area contributed by atoms with Gasteiger partial charge in [0.1, 0.15) is 0 Å². The lowest BCUT2D eigenvalue weighted by atomic mass is 9.91. The second kappa shape index (κ2) is 5.82. The summed E-state index contributed by atoms with van der Waals surface area (Å²) >= 11 is 0. The molecule has 17 heavy (non-hydrogen) atoms. The molecule has 0 bridgehead atoms. The molecule has 1 saturated carbocycles. The van der Waals surface area contributed by atoms with Crippen molar-refractivity contribution in [3.8, 4) is 0 Å². The third-order valence-corrected chi connectivity index (χ3v) is 3.37. The number of carbonyl (C=O) groups is 1. The summed E-state index contributed by atoms with van der Waals surface area (Å²) in [6, 6.07) is 10.1. The number of nitrogens with two attached hydrogens (primary N) is 1. The summed E-state index contributed by atoms with van der Waals surface area (Å²) in [4.78, 5) is 11.9. The monoisotopic (exact) mass is 232 g/mol. The van der Waals surface area contributed by atoms with Gasteiger partial charge in [-0.1, -0.05) is 43.2 Å². The molecule has 0 heterocycles. The summed E-state index contributed by atoms with van der Waals surface area (Å²) < 4.78 is 0. The molecule has 1 fully saturated rings. The fourth-order valence-corrected chi connectivity index (χ4v) is 2.38. The number of hydrogen-bond donors (Lipinski definition) is 2. The highest BCUT2D eigenvalue weighted by molar-refractivity contribution is 5.78. The molecule has 3 N–H and O–H groups in total. The number of carbonyl (C=O) groups excluding carboxylic acids is 1. The molecule has 0 spiro atoms. The van der Waals surface area contributed by atoms with Crippen molar-refractivity contribution in [1.82, 2.24) is 5.32 Å². The predicted octanol–water partition coefficient (Wildman–Crippen LogP) is 1.62. The van der Waals surface area contributed by atoms with Crippen LogP contribution in [0.15, 0.2) is 30.3 Å². The lowest BCUT2D eigenvalue weighted by molar-refractivity contribution is -0.121. The first-order valence-electron chi connectivity index (χ1n) is 6.34. The third kappa shape index (κ3) is 3.56. The van der Waals surface area contributed by atoms with E-state index in [1.807, 2.05) is 30.3 Å². The van der Waals surface area contributed by atoms with Crippen molar-refractivity contribution in [2.75, 3.05) is 0 Å². The predicted molar refractivity (Wildman–Crippen MR) is 68.5 cm³/mol. The van der Waals surface area contributed by atoms with Crippen LogP contribution in [0.5, 0.6) is 0 Å². The van der Waals surface area contributed by atoms with Crippen molar-refractivity contribution in [1.29, 1.82) is 0 Å². The summed E-state index contributed by atoms with van der Waals surface area (Å²) in [6.45, 7) is 0. The summed E-state index contributed by atoms with van der Waals surface area (Å²) in [5.74, 6) is 0.0820. The molecule has 1 aromatic rings. The van der Waals surface area contributed by atoms with Crippen molar-refractivity contribution in [3.63, 3.8) is 0 Å². The number of nitrogens with one attached hydrogen (secondary N) is 1. The average molecular weight is 232 g/mol. The van der Waals surface area contributed by atoms with Crippen LogP contribution in [0.3, 0.4) is 0 Å². The maximum absolute atomic E-state index is 11.9. The summed E-state index contributed by atoms with van der Waals surface area (Å²) in [6.07, 6.45) is 4.85. The summed E-state index contributed by atoms with van der Waals surface area (Å²) in [5.41, 5.74) is 7.06. The molecule has 0 aliphatic heterocycles. The quantitative estimate of drug-likeness (QED) is 0.832. The highest BCUT2D eigenvalue weighted by atomic mass is 16.1. The van der Waals surface area contributed by atoms with E-state index in [9.17, 15) is 4.79 Å². The normalized spacial score (nSPS) is 24.3. The van der Waals surface area contributed by atoms with Gasteiger partial charge in [0.05, 0.1) is 6.42 Å². The van der Waals surface area contributed by atoms with Crippen LogP contribution < -0.4 is 11.1 Å². The number of amides is 1. The first-order valence-corrected chi connectivity index (χ1v) is 6.34. The van der Waals surface area contributed by atoms with Gasteiger partial charge in [-0.25, -0.2) is 0 Å². The minimum atomic E-state index is 0.0820. The number of rotatable bonds is 3. The highest BCUT2D eigenvalue weighted by Gasteiger charge is 2.22. The second-order valence-corrected chi connectivity index (χ2v) is 4.78. The first-order chi connectivity index (χ1) is 8.25. The van der Waals surface area contributed by atoms with Crippen LogP contribution in [0.1, 0.15) is 31.2 Å². The molecule has 1 aromatic carbocycles. The van der Waals surface area contributed by atoms with Gasteiger partial charge in [0.15, 0.2) is 0 Å². The summed E-state index contributed by atoms with van der Waals surface area (Å²) in [7, 11) is 0. The average Bonchev–Trinajstić information content (AvgIpc) is 2.33. The van der Waals surface area contributed by atoms with Crippen molar-refractivity contribution in [3.05, 3.63) is 35.9 Å². The Hall–Kier alpha value is -1.35. The Labute approximate surface area is 102 Å². The maximum Gasteiger partial charge on any atom is 0.224 e. The SMILES string of the molecule is N[C@@H]1CCCC[C@H]1NC(=O)Cc1ccccc1. The van der Waals surface area contributed by atoms with Gasteiger partial charge >= 0.3 is 0 Å². The molecule has 3 nitrogen and oxygen atoms in total. The van der Waals surface area contributed by atoms with Gasteiger partial charge in [0, 0.05) is 12.1 Å². The van der Waals surface area contributed by atoms with E-state index in [1.165, 1.54) is 12.8 Å². The van der Waals surface area contributed by atoms with E-state index < -0.39 is 0 Å². The Morgan fingerprint density at radius 3 is 2.65 bits per heavy atom. The van der Waals surface area contributed by atoms with Crippen molar-refractivity contribution in [2.45, 2.75) is 44.2 Å². The lowest BCUT2D eigenvalue weighted by Gasteiger charge is -2.29. The zero-order chi connectivity index (χ0) is 12.1. The van der Waals surface area contributed by atoms with Gasteiger partial charge in [0.2, 0.25) is 5.91 Å². The van der Waals surface area contributed by atoms with E-state index >= 15 is 0 Å². The molecule has 1 aliphatic carbocycles. The molecule has 0 radical (unpaired) electrons. The van der Waals surface area contributed by atoms with Crippen LogP contribution >= 0.6 is 0 Å². The van der Waals surface area contributed by atoms with Crippen LogP contribution in [-0.4, -0.2) is 18.0 Å². The molecule has 1 aliphatic rings. The summed E-state index contributed by atoms with van der Waals surface area (Å²) in [5, 5.41) is 3.05. The van der Waals surface area contributed by atoms with E-state index in [0.29, 0.717) is 6.42 Å². The zero-order valence-electron chi connectivity index (χ0n) is 10.1. The zero-order valence-corrected chi connectivity index (χ0v) is 10.1. The van der Waals surface area contributed by atoms with Crippen molar-refractivity contribution in [2.24, 2.45) is 5.73 Å². The van der Waals surface area contributed by atoms with Crippen LogP contribution in [0.25, 0.3) is 0 Å². The minimum absolute atomic E-state index is 0.0820. The molecule has 2 atom stereocenters. The molecule has 0 aromatic heterocycles. The molecular weight excluding hydrogens is 212 g/mol. The van der Waals surface area contributed by atoms with E-state index in [2.05, 4.69) is 5.32 Å². The van der Waals surface area contributed by atoms with E-state index in [-0.39, 0.29) is 18.0 Å². The Morgan fingerprint density at radius 1 is 1.24 bits per heavy atom. The standard InChI is InChI=1S/C14H20N2O/c15-12-8-4-5-9-13(12)16-14(17)10-11-6-2-1-3-7-11/h1-3,6-7,12-13H,4-5,8-10,15H2,(H,16,17)/t12-,13-/m1/s1. The van der Waals surface area contributed by atoms with Crippen molar-refractivity contribution < 1.29 is 4.79 Å². The fraction of sp³-hybridized carbons (Fsp3) is 0.500. The maximum atomic E-state index is 11.9. The molecule has 3 heteroatoms. The van der Waals surface area contributed by atoms with Gasteiger partial charge in [-0.05, 0) is 18.4 Å². The van der Waals surface area contributed by atoms with E-state index in [0.717, 1.165) is 18.4 Å². The van der Waals surface area contributed by atoms with Crippen LogP contribution in [0.2, 0.25) is 0 Å². The third-order valence-electron chi connectivity index (χ3n) is 3.37. The molecule has 2 rings (SSSR count). The van der Waals surface area contributed by atoms with Gasteiger partial charge in [-0.3, -0.25) is 4.79 Å². The number of hydrogen-bond acceptors (Lipinski definition) is 2. The van der Waals surface area contributed by atoms with E-state index in [4.69, 9.17) is 5.73 Å². The number of benzene rings is 1. The molecule has 0 saturated heterocycles. The molecule has 0 unspecified atom stereocenters. The van der Waals surface area contributed by atoms with Crippen LogP contribution in [-0.2, 0) is 11.2 Å². The van der Waals surface area contributed by atoms with Gasteiger partial charge in [0.25, 0.3) is 0 Å². The van der Waals surface area contributed by atoms with Gasteiger partial charge in [-0.2, -0.15) is 0 Å². The van der Waals surface area contributed by atoms with Crippen molar-refractivity contribution >= 4 is 5.91 Å². The topological polar surface area (TPSA) is 55.1 Å². The Bertz CT molecular complexity index is 364. The second-order valence-electron chi connectivity index (χ2n) is 4.78.